The molecule has 0 aliphatic rings. The molecule has 0 radical (unpaired) electrons. The van der Waals surface area contributed by atoms with Gasteiger partial charge in [0.1, 0.15) is 30.7 Å². The summed E-state index contributed by atoms with van der Waals surface area (Å²) in [6.07, 6.45) is -0.529. The molecule has 3 aromatic rings. The zero-order valence-electron chi connectivity index (χ0n) is 14.6. The predicted octanol–water partition coefficient (Wildman–Crippen LogP) is 2.01. The molecule has 0 aliphatic carbocycles. The van der Waals surface area contributed by atoms with Crippen LogP contribution in [0, 0.1) is 11.2 Å². The molecular weight excluding hydrogens is 273 g/mol. The number of hydrogen-bond donors (Lipinski definition) is 2. The van der Waals surface area contributed by atoms with Gasteiger partial charge in [0.25, 0.3) is 0 Å². The average molecular weight is 289 g/mol. The Hall–Kier alpha value is -2.96. The second kappa shape index (κ2) is 5.20. The van der Waals surface area contributed by atoms with Gasteiger partial charge in [-0.25, -0.2) is 4.39 Å². The van der Waals surface area contributed by atoms with Crippen molar-refractivity contribution >= 4 is 5.84 Å². The fourth-order valence-corrected chi connectivity index (χ4v) is 1.71. The summed E-state index contributed by atoms with van der Waals surface area (Å²) in [6.45, 7) is -1.42. The second-order valence-corrected chi connectivity index (χ2v) is 4.09. The van der Waals surface area contributed by atoms with Crippen molar-refractivity contribution in [1.82, 2.24) is 14.9 Å². The Morgan fingerprint density at radius 2 is 2.33 bits per heavy atom. The fourth-order valence-electron chi connectivity index (χ4n) is 1.71. The van der Waals surface area contributed by atoms with Crippen LogP contribution in [0.25, 0.3) is 11.4 Å². The van der Waals surface area contributed by atoms with Crippen molar-refractivity contribution in [2.75, 3.05) is 0 Å². The van der Waals surface area contributed by atoms with E-state index in [-0.39, 0.29) is 28.7 Å². The van der Waals surface area contributed by atoms with Gasteiger partial charge >= 0.3 is 0 Å². The minimum atomic E-state index is -1.42. The van der Waals surface area contributed by atoms with Crippen LogP contribution in [0.2, 0.25) is 0 Å². The number of aromatic nitrogens is 3. The normalized spacial score (nSPS) is 14.9. The molecule has 0 amide bonds. The number of amidine groups is 1. The SMILES string of the molecule is [2H]c1onc(-c2c([2H])c(C(=N)N)nn2C([2H])c2ccccc2F)c1[2H]. The predicted molar refractivity (Wildman–Crippen MR) is 74.2 cm³/mol. The molecule has 1 unspecified atom stereocenters. The van der Waals surface area contributed by atoms with Gasteiger partial charge < -0.3 is 10.3 Å². The highest BCUT2D eigenvalue weighted by Crippen LogP contribution is 2.20. The van der Waals surface area contributed by atoms with Gasteiger partial charge in [-0.15, -0.1) is 0 Å². The molecular formula is C14H12FN5O. The summed E-state index contributed by atoms with van der Waals surface area (Å²) >= 11 is 0. The minimum Gasteiger partial charge on any atom is -0.382 e. The van der Waals surface area contributed by atoms with E-state index in [0.29, 0.717) is 0 Å². The van der Waals surface area contributed by atoms with Crippen LogP contribution < -0.4 is 5.73 Å². The Morgan fingerprint density at radius 3 is 3.00 bits per heavy atom. The van der Waals surface area contributed by atoms with Crippen LogP contribution in [-0.2, 0) is 6.52 Å². The molecule has 0 saturated heterocycles. The number of hydrogen-bond acceptors (Lipinski definition) is 4. The van der Waals surface area contributed by atoms with Gasteiger partial charge in [-0.1, -0.05) is 23.4 Å². The van der Waals surface area contributed by atoms with Crippen molar-refractivity contribution in [3.63, 3.8) is 0 Å². The maximum absolute atomic E-state index is 14.0. The summed E-state index contributed by atoms with van der Waals surface area (Å²) < 4.78 is 51.3. The highest BCUT2D eigenvalue weighted by molar-refractivity contribution is 5.94. The topological polar surface area (TPSA) is 93.7 Å². The standard InChI is InChI=1S/C14H12FN5O/c15-10-4-2-1-3-9(10)8-20-13(11-5-6-21-19-11)7-12(18-20)14(16)17/h1-7H,8H2,(H3,16,17)/i5D,6D,7D,8D. The summed E-state index contributed by atoms with van der Waals surface area (Å²) in [5.74, 6) is -1.17. The maximum Gasteiger partial charge on any atom is 0.143 e. The Kier molecular flexibility index (Phi) is 2.24. The van der Waals surface area contributed by atoms with Crippen molar-refractivity contribution in [3.8, 4) is 11.4 Å². The van der Waals surface area contributed by atoms with Gasteiger partial charge in [-0.3, -0.25) is 10.1 Å². The van der Waals surface area contributed by atoms with Crippen molar-refractivity contribution in [1.29, 1.82) is 5.41 Å². The average Bonchev–Trinajstić information content (AvgIpc) is 3.08. The lowest BCUT2D eigenvalue weighted by molar-refractivity contribution is 0.421. The van der Waals surface area contributed by atoms with Crippen molar-refractivity contribution in [2.45, 2.75) is 6.52 Å². The summed E-state index contributed by atoms with van der Waals surface area (Å²) in [7, 11) is 0. The largest absolute Gasteiger partial charge is 0.382 e. The first-order valence-electron chi connectivity index (χ1n) is 7.94. The van der Waals surface area contributed by atoms with Crippen molar-refractivity contribution in [3.05, 3.63) is 59.7 Å². The zero-order chi connectivity index (χ0) is 18.3. The quantitative estimate of drug-likeness (QED) is 0.567. The molecule has 2 heterocycles. The monoisotopic (exact) mass is 289 g/mol. The van der Waals surface area contributed by atoms with Gasteiger partial charge in [-0.05, 0) is 12.1 Å². The van der Waals surface area contributed by atoms with Gasteiger partial charge in [0.15, 0.2) is 0 Å². The van der Waals surface area contributed by atoms with Gasteiger partial charge in [0.05, 0.1) is 16.3 Å². The van der Waals surface area contributed by atoms with Gasteiger partial charge in [0, 0.05) is 11.6 Å². The number of halogens is 1. The van der Waals surface area contributed by atoms with E-state index >= 15 is 0 Å². The van der Waals surface area contributed by atoms with Crippen LogP contribution in [0.3, 0.4) is 0 Å². The van der Waals surface area contributed by atoms with Crippen LogP contribution in [0.15, 0.2) is 47.1 Å². The first-order valence-corrected chi connectivity index (χ1v) is 5.86. The molecule has 7 heteroatoms. The van der Waals surface area contributed by atoms with Crippen LogP contribution in [0.5, 0.6) is 0 Å². The molecule has 106 valence electrons. The van der Waals surface area contributed by atoms with Gasteiger partial charge in [0.2, 0.25) is 0 Å². The maximum atomic E-state index is 14.0. The molecule has 3 N–H and O–H groups in total. The molecule has 2 aromatic heterocycles. The van der Waals surface area contributed by atoms with Gasteiger partial charge in [-0.2, -0.15) is 5.10 Å². The lowest BCUT2D eigenvalue weighted by Crippen LogP contribution is -2.13. The number of nitrogen functional groups attached to an aromatic ring is 1. The third kappa shape index (κ3) is 2.53. The lowest BCUT2D eigenvalue weighted by atomic mass is 10.2. The van der Waals surface area contributed by atoms with E-state index in [1.54, 1.807) is 6.07 Å². The van der Waals surface area contributed by atoms with Crippen LogP contribution in [0.4, 0.5) is 4.39 Å². The molecule has 0 bridgehead atoms. The smallest absolute Gasteiger partial charge is 0.143 e. The zero-order valence-corrected chi connectivity index (χ0v) is 10.6. The molecule has 3 rings (SSSR count). The highest BCUT2D eigenvalue weighted by atomic mass is 19.1. The van der Waals surface area contributed by atoms with E-state index in [1.807, 2.05) is 0 Å². The molecule has 1 atom stereocenters. The summed E-state index contributed by atoms with van der Waals surface area (Å²) in [5.41, 5.74) is 4.79. The molecule has 21 heavy (non-hydrogen) atoms. The van der Waals surface area contributed by atoms with E-state index in [2.05, 4.69) is 14.8 Å². The van der Waals surface area contributed by atoms with Crippen molar-refractivity contribution in [2.24, 2.45) is 5.73 Å². The number of benzene rings is 1. The molecule has 0 aliphatic heterocycles. The first-order chi connectivity index (χ1) is 11.8. The summed E-state index contributed by atoms with van der Waals surface area (Å²) in [4.78, 5) is 0. The van der Waals surface area contributed by atoms with E-state index in [1.165, 1.54) is 18.2 Å². The highest BCUT2D eigenvalue weighted by Gasteiger charge is 2.15. The molecule has 0 fully saturated rings. The number of nitrogens with two attached hydrogens (primary N) is 1. The molecule has 0 saturated carbocycles. The summed E-state index contributed by atoms with van der Waals surface area (Å²) in [5, 5.41) is 15.0. The van der Waals surface area contributed by atoms with E-state index in [9.17, 15) is 4.39 Å². The van der Waals surface area contributed by atoms with Crippen molar-refractivity contribution < 1.29 is 14.4 Å². The molecule has 0 spiro atoms. The Balaban J connectivity index is 2.26. The third-order valence-electron chi connectivity index (χ3n) is 2.67. The third-order valence-corrected chi connectivity index (χ3v) is 2.67. The lowest BCUT2D eigenvalue weighted by Gasteiger charge is -2.06. The van der Waals surface area contributed by atoms with Crippen LogP contribution >= 0.6 is 0 Å². The Labute approximate surface area is 125 Å². The molecule has 6 nitrogen and oxygen atoms in total. The first kappa shape index (κ1) is 9.06. The van der Waals surface area contributed by atoms with Crippen LogP contribution in [0.1, 0.15) is 16.7 Å². The number of rotatable bonds is 4. The Morgan fingerprint density at radius 1 is 1.52 bits per heavy atom. The fraction of sp³-hybridized carbons (Fsp3) is 0.0714. The number of nitrogens with zero attached hydrogens (tertiary/aromatic N) is 3. The Bertz CT molecular complexity index is 970. The molecule has 1 aromatic carbocycles. The number of nitrogens with one attached hydrogen (secondary N) is 1. The van der Waals surface area contributed by atoms with E-state index in [4.69, 9.17) is 16.6 Å². The summed E-state index contributed by atoms with van der Waals surface area (Å²) in [6, 6.07) is 4.81. The minimum absolute atomic E-state index is 0.0255. The second-order valence-electron chi connectivity index (χ2n) is 4.09. The van der Waals surface area contributed by atoms with E-state index in [0.717, 1.165) is 4.68 Å². The van der Waals surface area contributed by atoms with Crippen LogP contribution in [-0.4, -0.2) is 20.8 Å². The van der Waals surface area contributed by atoms with E-state index < -0.39 is 30.5 Å².